The number of nitrogens with zero attached hydrogens (tertiary/aromatic N) is 1. The quantitative estimate of drug-likeness (QED) is 0.530. The lowest BCUT2D eigenvalue weighted by atomic mass is 10.1. The van der Waals surface area contributed by atoms with Crippen LogP contribution in [0, 0.1) is 0 Å². The Labute approximate surface area is 185 Å². The molecule has 4 rings (SSSR count). The van der Waals surface area contributed by atoms with Crippen molar-refractivity contribution >= 4 is 29.1 Å². The standard InChI is InChI=1S/C24H24N4O4/c25-22(29)20-9-3-11-28(20)15-16-5-1-7-18(13-16)26-23(30)17-6-2-8-19(14-17)27-24(31)21-10-4-12-32-21/h1-2,4-8,10,12-14,20H,3,9,11,15H2,(H2,25,29)(H,26,30)(H,27,31). The summed E-state index contributed by atoms with van der Waals surface area (Å²) in [6.45, 7) is 1.41. The largest absolute Gasteiger partial charge is 0.459 e. The van der Waals surface area contributed by atoms with Crippen LogP contribution in [0.4, 0.5) is 11.4 Å². The highest BCUT2D eigenvalue weighted by Gasteiger charge is 2.28. The monoisotopic (exact) mass is 432 g/mol. The number of nitrogens with two attached hydrogens (primary N) is 1. The molecule has 1 aliphatic heterocycles. The Morgan fingerprint density at radius 1 is 0.969 bits per heavy atom. The fourth-order valence-electron chi connectivity index (χ4n) is 3.86. The smallest absolute Gasteiger partial charge is 0.291 e. The van der Waals surface area contributed by atoms with Gasteiger partial charge in [-0.25, -0.2) is 0 Å². The van der Waals surface area contributed by atoms with E-state index in [1.54, 1.807) is 42.5 Å². The molecule has 1 aliphatic rings. The molecule has 164 valence electrons. The summed E-state index contributed by atoms with van der Waals surface area (Å²) in [7, 11) is 0. The summed E-state index contributed by atoms with van der Waals surface area (Å²) >= 11 is 0. The van der Waals surface area contributed by atoms with Crippen LogP contribution in [0.3, 0.4) is 0 Å². The van der Waals surface area contributed by atoms with Gasteiger partial charge in [0.15, 0.2) is 5.76 Å². The van der Waals surface area contributed by atoms with Gasteiger partial charge in [-0.15, -0.1) is 0 Å². The fourth-order valence-corrected chi connectivity index (χ4v) is 3.86. The van der Waals surface area contributed by atoms with Crippen molar-refractivity contribution in [1.29, 1.82) is 0 Å². The number of amides is 3. The molecular weight excluding hydrogens is 408 g/mol. The Morgan fingerprint density at radius 3 is 2.47 bits per heavy atom. The van der Waals surface area contributed by atoms with Crippen molar-refractivity contribution in [3.05, 3.63) is 83.8 Å². The van der Waals surface area contributed by atoms with E-state index in [0.29, 0.717) is 23.5 Å². The lowest BCUT2D eigenvalue weighted by molar-refractivity contribution is -0.122. The van der Waals surface area contributed by atoms with E-state index >= 15 is 0 Å². The lowest BCUT2D eigenvalue weighted by Crippen LogP contribution is -2.39. The average Bonchev–Trinajstić information content (AvgIpc) is 3.46. The van der Waals surface area contributed by atoms with Gasteiger partial charge in [-0.3, -0.25) is 19.3 Å². The van der Waals surface area contributed by atoms with Gasteiger partial charge in [0.05, 0.1) is 12.3 Å². The van der Waals surface area contributed by atoms with Crippen LogP contribution in [-0.2, 0) is 11.3 Å². The van der Waals surface area contributed by atoms with Gasteiger partial charge in [-0.1, -0.05) is 18.2 Å². The van der Waals surface area contributed by atoms with E-state index in [1.165, 1.54) is 6.26 Å². The number of carbonyl (C=O) groups is 3. The molecule has 1 atom stereocenters. The molecule has 1 saturated heterocycles. The molecule has 32 heavy (non-hydrogen) atoms. The van der Waals surface area contributed by atoms with Gasteiger partial charge in [-0.2, -0.15) is 0 Å². The van der Waals surface area contributed by atoms with Gasteiger partial charge >= 0.3 is 0 Å². The fraction of sp³-hybridized carbons (Fsp3) is 0.208. The summed E-state index contributed by atoms with van der Waals surface area (Å²) in [4.78, 5) is 38.6. The SMILES string of the molecule is NC(=O)C1CCCN1Cc1cccc(NC(=O)c2cccc(NC(=O)c3ccco3)c2)c1. The Kier molecular flexibility index (Phi) is 6.32. The molecule has 0 radical (unpaired) electrons. The van der Waals surface area contributed by atoms with Gasteiger partial charge in [-0.05, 0) is 67.4 Å². The van der Waals surface area contributed by atoms with Crippen molar-refractivity contribution in [3.8, 4) is 0 Å². The second kappa shape index (κ2) is 9.49. The van der Waals surface area contributed by atoms with Crippen LogP contribution in [0.2, 0.25) is 0 Å². The predicted octanol–water partition coefficient (Wildman–Crippen LogP) is 3.23. The summed E-state index contributed by atoms with van der Waals surface area (Å²) in [5.41, 5.74) is 8.02. The zero-order valence-corrected chi connectivity index (χ0v) is 17.4. The van der Waals surface area contributed by atoms with Crippen molar-refractivity contribution in [1.82, 2.24) is 4.90 Å². The van der Waals surface area contributed by atoms with Crippen molar-refractivity contribution in [2.45, 2.75) is 25.4 Å². The molecule has 8 heteroatoms. The molecule has 4 N–H and O–H groups in total. The third kappa shape index (κ3) is 5.04. The first kappa shape index (κ1) is 21.3. The Bertz CT molecular complexity index is 1130. The predicted molar refractivity (Wildman–Crippen MR) is 120 cm³/mol. The summed E-state index contributed by atoms with van der Waals surface area (Å²) in [5.74, 6) is -0.803. The van der Waals surface area contributed by atoms with Gasteiger partial charge in [0.1, 0.15) is 0 Å². The number of hydrogen-bond acceptors (Lipinski definition) is 5. The summed E-state index contributed by atoms with van der Waals surface area (Å²) in [6.07, 6.45) is 3.14. The first-order valence-electron chi connectivity index (χ1n) is 10.4. The molecule has 1 fully saturated rings. The number of rotatable bonds is 7. The molecule has 1 unspecified atom stereocenters. The lowest BCUT2D eigenvalue weighted by Gasteiger charge is -2.22. The number of hydrogen-bond donors (Lipinski definition) is 3. The van der Waals surface area contributed by atoms with Gasteiger partial charge in [0.25, 0.3) is 11.8 Å². The molecule has 2 aromatic carbocycles. The van der Waals surface area contributed by atoms with E-state index in [2.05, 4.69) is 15.5 Å². The summed E-state index contributed by atoms with van der Waals surface area (Å²) in [6, 6.07) is 17.1. The maximum atomic E-state index is 12.8. The third-order valence-corrected chi connectivity index (χ3v) is 5.39. The highest BCUT2D eigenvalue weighted by molar-refractivity contribution is 6.06. The molecule has 0 aliphatic carbocycles. The maximum Gasteiger partial charge on any atom is 0.291 e. The average molecular weight is 432 g/mol. The molecule has 0 spiro atoms. The molecule has 2 heterocycles. The third-order valence-electron chi connectivity index (χ3n) is 5.39. The van der Waals surface area contributed by atoms with E-state index in [0.717, 1.165) is 24.9 Å². The van der Waals surface area contributed by atoms with Crippen molar-refractivity contribution in [2.75, 3.05) is 17.2 Å². The number of likely N-dealkylation sites (tertiary alicyclic amines) is 1. The van der Waals surface area contributed by atoms with Gasteiger partial charge in [0.2, 0.25) is 5.91 Å². The van der Waals surface area contributed by atoms with Crippen molar-refractivity contribution < 1.29 is 18.8 Å². The van der Waals surface area contributed by atoms with E-state index in [9.17, 15) is 14.4 Å². The number of primary amides is 1. The minimum atomic E-state index is -0.392. The number of benzene rings is 2. The highest BCUT2D eigenvalue weighted by Crippen LogP contribution is 2.22. The molecule has 3 amide bonds. The zero-order valence-electron chi connectivity index (χ0n) is 17.4. The van der Waals surface area contributed by atoms with Crippen LogP contribution in [-0.4, -0.2) is 35.2 Å². The number of carbonyl (C=O) groups excluding carboxylic acids is 3. The second-order valence-corrected chi connectivity index (χ2v) is 7.70. The Morgan fingerprint density at radius 2 is 1.72 bits per heavy atom. The van der Waals surface area contributed by atoms with Crippen LogP contribution >= 0.6 is 0 Å². The van der Waals surface area contributed by atoms with Crippen LogP contribution in [0.1, 0.15) is 39.3 Å². The van der Waals surface area contributed by atoms with Crippen LogP contribution in [0.15, 0.2) is 71.3 Å². The molecule has 3 aromatic rings. The van der Waals surface area contributed by atoms with Crippen LogP contribution in [0.5, 0.6) is 0 Å². The maximum absolute atomic E-state index is 12.8. The van der Waals surface area contributed by atoms with Gasteiger partial charge < -0.3 is 20.8 Å². The topological polar surface area (TPSA) is 118 Å². The minimum absolute atomic E-state index is 0.188. The molecule has 0 bridgehead atoms. The van der Waals surface area contributed by atoms with Crippen LogP contribution in [0.25, 0.3) is 0 Å². The molecule has 8 nitrogen and oxygen atoms in total. The van der Waals surface area contributed by atoms with E-state index in [1.807, 2.05) is 18.2 Å². The Hall–Kier alpha value is -3.91. The number of anilines is 2. The van der Waals surface area contributed by atoms with E-state index in [-0.39, 0.29) is 23.6 Å². The van der Waals surface area contributed by atoms with E-state index < -0.39 is 5.91 Å². The second-order valence-electron chi connectivity index (χ2n) is 7.70. The minimum Gasteiger partial charge on any atom is -0.459 e. The van der Waals surface area contributed by atoms with Gasteiger partial charge in [0, 0.05) is 23.5 Å². The summed E-state index contributed by atoms with van der Waals surface area (Å²) < 4.78 is 5.08. The zero-order chi connectivity index (χ0) is 22.5. The Balaban J connectivity index is 1.41. The number of furan rings is 1. The molecule has 0 saturated carbocycles. The normalized spacial score (nSPS) is 15.9. The first-order valence-corrected chi connectivity index (χ1v) is 10.4. The number of nitrogens with one attached hydrogen (secondary N) is 2. The van der Waals surface area contributed by atoms with Crippen LogP contribution < -0.4 is 16.4 Å². The first-order chi connectivity index (χ1) is 15.5. The highest BCUT2D eigenvalue weighted by atomic mass is 16.3. The van der Waals surface area contributed by atoms with E-state index in [4.69, 9.17) is 10.2 Å². The molecular formula is C24H24N4O4. The van der Waals surface area contributed by atoms with Crippen molar-refractivity contribution in [2.24, 2.45) is 5.73 Å². The van der Waals surface area contributed by atoms with Crippen molar-refractivity contribution in [3.63, 3.8) is 0 Å². The summed E-state index contributed by atoms with van der Waals surface area (Å²) in [5, 5.41) is 5.60. The molecule has 1 aromatic heterocycles.